The summed E-state index contributed by atoms with van der Waals surface area (Å²) >= 11 is 1.45. The number of rotatable bonds is 6. The topological polar surface area (TPSA) is 93.6 Å². The molecule has 27 heavy (non-hydrogen) atoms. The number of thiazole rings is 1. The average Bonchev–Trinajstić information content (AvgIpc) is 3.21. The van der Waals surface area contributed by atoms with Crippen LogP contribution in [0, 0.1) is 0 Å². The van der Waals surface area contributed by atoms with Crippen molar-refractivity contribution in [1.82, 2.24) is 9.88 Å². The van der Waals surface area contributed by atoms with Crippen molar-refractivity contribution in [1.29, 1.82) is 0 Å². The van der Waals surface area contributed by atoms with Crippen LogP contribution in [0.4, 0.5) is 0 Å². The van der Waals surface area contributed by atoms with Crippen LogP contribution in [-0.4, -0.2) is 60.9 Å². The molecule has 0 aliphatic carbocycles. The number of esters is 1. The Morgan fingerprint density at radius 3 is 2.81 bits per heavy atom. The molecule has 1 atom stereocenters. The van der Waals surface area contributed by atoms with Crippen molar-refractivity contribution in [2.75, 3.05) is 24.7 Å². The van der Waals surface area contributed by atoms with E-state index >= 15 is 0 Å². The molecular weight excluding hydrogens is 388 g/mol. The number of carbonyl (C=O) groups is 2. The van der Waals surface area contributed by atoms with Gasteiger partial charge in [0.25, 0.3) is 5.91 Å². The predicted molar refractivity (Wildman–Crippen MR) is 104 cm³/mol. The summed E-state index contributed by atoms with van der Waals surface area (Å²) in [5.41, 5.74) is 0.857. The summed E-state index contributed by atoms with van der Waals surface area (Å²) in [5, 5.41) is 0.672. The van der Waals surface area contributed by atoms with Crippen molar-refractivity contribution < 1.29 is 22.7 Å². The van der Waals surface area contributed by atoms with E-state index in [-0.39, 0.29) is 23.5 Å². The number of hydrogen-bond donors (Lipinski definition) is 0. The molecule has 1 aromatic heterocycles. The molecule has 0 saturated carbocycles. The highest BCUT2D eigenvalue weighted by molar-refractivity contribution is 7.91. The number of nitrogens with zero attached hydrogens (tertiary/aromatic N) is 2. The highest BCUT2D eigenvalue weighted by atomic mass is 32.2. The Kier molecular flexibility index (Phi) is 5.91. The Morgan fingerprint density at radius 1 is 1.37 bits per heavy atom. The van der Waals surface area contributed by atoms with Gasteiger partial charge in [0.1, 0.15) is 5.01 Å². The van der Waals surface area contributed by atoms with Gasteiger partial charge in [-0.3, -0.25) is 4.79 Å². The molecule has 0 bridgehead atoms. The number of likely N-dealkylation sites (N-methyl/N-ethyl adjacent to an activating group) is 1. The lowest BCUT2D eigenvalue weighted by molar-refractivity contribution is -0.149. The number of para-hydroxylation sites is 1. The number of fused-ring (bicyclic) bond motifs is 1. The molecule has 1 saturated heterocycles. The largest absolute Gasteiger partial charge is 0.452 e. The van der Waals surface area contributed by atoms with E-state index in [1.54, 1.807) is 13.0 Å². The smallest absolute Gasteiger partial charge is 0.331 e. The van der Waals surface area contributed by atoms with E-state index in [0.29, 0.717) is 18.0 Å². The first-order valence-electron chi connectivity index (χ1n) is 8.58. The maximum atomic E-state index is 12.3. The van der Waals surface area contributed by atoms with Gasteiger partial charge < -0.3 is 9.64 Å². The molecule has 7 nitrogen and oxygen atoms in total. The SMILES string of the molecule is CCN(C(=O)COC(=O)/C=C/c1nc2ccccc2s1)C1CCS(=O)(=O)C1. The van der Waals surface area contributed by atoms with E-state index in [2.05, 4.69) is 4.98 Å². The minimum atomic E-state index is -3.08. The molecule has 1 aliphatic heterocycles. The number of carbonyl (C=O) groups excluding carboxylic acids is 2. The van der Waals surface area contributed by atoms with E-state index in [1.807, 2.05) is 24.3 Å². The lowest BCUT2D eigenvalue weighted by Crippen LogP contribution is -2.43. The molecule has 0 spiro atoms. The Hall–Kier alpha value is -2.26. The fourth-order valence-corrected chi connectivity index (χ4v) is 5.62. The molecule has 0 radical (unpaired) electrons. The molecule has 1 amide bonds. The Bertz CT molecular complexity index is 948. The number of amides is 1. The zero-order chi connectivity index (χ0) is 19.4. The Labute approximate surface area is 161 Å². The molecule has 144 valence electrons. The van der Waals surface area contributed by atoms with Gasteiger partial charge in [-0.15, -0.1) is 11.3 Å². The second kappa shape index (κ2) is 8.18. The van der Waals surface area contributed by atoms with Crippen LogP contribution in [0.2, 0.25) is 0 Å². The van der Waals surface area contributed by atoms with Crippen molar-refractivity contribution >= 4 is 49.3 Å². The predicted octanol–water partition coefficient (Wildman–Crippen LogP) is 1.89. The monoisotopic (exact) mass is 408 g/mol. The minimum absolute atomic E-state index is 0.0297. The Balaban J connectivity index is 1.53. The molecule has 1 aromatic carbocycles. The van der Waals surface area contributed by atoms with Crippen LogP contribution in [0.25, 0.3) is 16.3 Å². The maximum Gasteiger partial charge on any atom is 0.331 e. The highest BCUT2D eigenvalue weighted by Gasteiger charge is 2.34. The molecule has 1 aliphatic rings. The summed E-state index contributed by atoms with van der Waals surface area (Å²) in [5.74, 6) is -0.969. The van der Waals surface area contributed by atoms with Crippen molar-refractivity contribution in [3.8, 4) is 0 Å². The quantitative estimate of drug-likeness (QED) is 0.535. The highest BCUT2D eigenvalue weighted by Crippen LogP contribution is 2.22. The lowest BCUT2D eigenvalue weighted by atomic mass is 10.2. The van der Waals surface area contributed by atoms with E-state index in [0.717, 1.165) is 10.2 Å². The van der Waals surface area contributed by atoms with Crippen LogP contribution in [0.3, 0.4) is 0 Å². The van der Waals surface area contributed by atoms with Gasteiger partial charge in [-0.2, -0.15) is 0 Å². The molecule has 1 fully saturated rings. The van der Waals surface area contributed by atoms with Gasteiger partial charge in [-0.05, 0) is 31.6 Å². The van der Waals surface area contributed by atoms with E-state index < -0.39 is 22.4 Å². The number of hydrogen-bond acceptors (Lipinski definition) is 7. The number of benzene rings is 1. The van der Waals surface area contributed by atoms with Crippen LogP contribution in [0.1, 0.15) is 18.4 Å². The van der Waals surface area contributed by atoms with Gasteiger partial charge in [0, 0.05) is 18.7 Å². The van der Waals surface area contributed by atoms with Crippen molar-refractivity contribution in [2.45, 2.75) is 19.4 Å². The van der Waals surface area contributed by atoms with Gasteiger partial charge in [-0.25, -0.2) is 18.2 Å². The molecule has 0 N–H and O–H groups in total. The summed E-state index contributed by atoms with van der Waals surface area (Å²) in [7, 11) is -3.08. The fraction of sp³-hybridized carbons (Fsp3) is 0.389. The van der Waals surface area contributed by atoms with Crippen LogP contribution in [0.5, 0.6) is 0 Å². The summed E-state index contributed by atoms with van der Waals surface area (Å²) in [6.07, 6.45) is 3.22. The van der Waals surface area contributed by atoms with E-state index in [1.165, 1.54) is 22.3 Å². The van der Waals surface area contributed by atoms with Crippen LogP contribution in [-0.2, 0) is 24.2 Å². The molecule has 9 heteroatoms. The number of sulfone groups is 1. The molecule has 2 heterocycles. The van der Waals surface area contributed by atoms with Crippen molar-refractivity contribution in [3.05, 3.63) is 35.3 Å². The van der Waals surface area contributed by atoms with Gasteiger partial charge in [0.15, 0.2) is 16.4 Å². The first-order chi connectivity index (χ1) is 12.9. The zero-order valence-electron chi connectivity index (χ0n) is 14.8. The second-order valence-electron chi connectivity index (χ2n) is 6.20. The Morgan fingerprint density at radius 2 is 2.15 bits per heavy atom. The molecule has 2 aromatic rings. The van der Waals surface area contributed by atoms with Crippen molar-refractivity contribution in [3.63, 3.8) is 0 Å². The first kappa shape index (κ1) is 19.5. The molecule has 3 rings (SSSR count). The average molecular weight is 409 g/mol. The summed E-state index contributed by atoms with van der Waals surface area (Å²) in [6, 6.07) is 7.31. The number of aromatic nitrogens is 1. The zero-order valence-corrected chi connectivity index (χ0v) is 16.5. The fourth-order valence-electron chi connectivity index (χ4n) is 3.02. The number of ether oxygens (including phenoxy) is 1. The summed E-state index contributed by atoms with van der Waals surface area (Å²) < 4.78 is 29.2. The third-order valence-corrected chi connectivity index (χ3v) is 7.07. The minimum Gasteiger partial charge on any atom is -0.452 e. The lowest BCUT2D eigenvalue weighted by Gasteiger charge is -2.26. The third kappa shape index (κ3) is 4.92. The van der Waals surface area contributed by atoms with Gasteiger partial charge >= 0.3 is 5.97 Å². The van der Waals surface area contributed by atoms with Crippen molar-refractivity contribution in [2.24, 2.45) is 0 Å². The molecule has 1 unspecified atom stereocenters. The van der Waals surface area contributed by atoms with Gasteiger partial charge in [-0.1, -0.05) is 12.1 Å². The maximum absolute atomic E-state index is 12.3. The van der Waals surface area contributed by atoms with Crippen LogP contribution in [0.15, 0.2) is 30.3 Å². The van der Waals surface area contributed by atoms with Gasteiger partial charge in [0.05, 0.1) is 21.7 Å². The van der Waals surface area contributed by atoms with Gasteiger partial charge in [0.2, 0.25) is 0 Å². The van der Waals surface area contributed by atoms with E-state index in [9.17, 15) is 18.0 Å². The third-order valence-electron chi connectivity index (χ3n) is 4.32. The first-order valence-corrected chi connectivity index (χ1v) is 11.2. The van der Waals surface area contributed by atoms with Crippen LogP contribution < -0.4 is 0 Å². The molecular formula is C18H20N2O5S2. The standard InChI is InChI=1S/C18H20N2O5S2/c1-2-20(13-9-10-27(23,24)12-13)17(21)11-25-18(22)8-7-16-19-14-5-3-4-6-15(14)26-16/h3-8,13H,2,9-12H2,1H3/b8-7+. The summed E-state index contributed by atoms with van der Waals surface area (Å²) in [4.78, 5) is 30.0. The van der Waals surface area contributed by atoms with Crippen LogP contribution >= 0.6 is 11.3 Å². The normalized spacial score (nSPS) is 18.8. The van der Waals surface area contributed by atoms with E-state index in [4.69, 9.17) is 4.74 Å². The second-order valence-corrected chi connectivity index (χ2v) is 9.49. The summed E-state index contributed by atoms with van der Waals surface area (Å²) in [6.45, 7) is 1.74.